The summed E-state index contributed by atoms with van der Waals surface area (Å²) < 4.78 is 7.07. The summed E-state index contributed by atoms with van der Waals surface area (Å²) in [5.41, 5.74) is 3.73. The Morgan fingerprint density at radius 3 is 2.53 bits per heavy atom. The van der Waals surface area contributed by atoms with Gasteiger partial charge in [-0.1, -0.05) is 17.7 Å². The maximum Gasteiger partial charge on any atom is 0.262 e. The fourth-order valence-electron chi connectivity index (χ4n) is 4.03. The molecule has 2 heterocycles. The van der Waals surface area contributed by atoms with Crippen molar-refractivity contribution in [1.82, 2.24) is 14.5 Å². The molecule has 0 aliphatic rings. The summed E-state index contributed by atoms with van der Waals surface area (Å²) in [6, 6.07) is 18.1. The summed E-state index contributed by atoms with van der Waals surface area (Å²) in [5.74, 6) is 0.465. The van der Waals surface area contributed by atoms with Gasteiger partial charge < -0.3 is 9.64 Å². The number of likely N-dealkylation sites (N-methyl/N-ethyl adjacent to an activating group) is 1. The number of rotatable bonds is 7. The molecule has 7 heteroatoms. The first-order valence-corrected chi connectivity index (χ1v) is 11.4. The minimum atomic E-state index is -0.175. The standard InChI is InChI=1S/C27H26ClN3O3/c1-18-23(17-26(32)30(2)15-13-21-6-4-5-14-29-21)24-16-22(34-3)11-12-25(24)31(18)27(33)19-7-9-20(28)10-8-19/h4-12,14,16H,13,15,17H2,1-3H3. The molecule has 2 aromatic heterocycles. The molecule has 0 aliphatic heterocycles. The van der Waals surface area contributed by atoms with E-state index in [0.717, 1.165) is 27.9 Å². The summed E-state index contributed by atoms with van der Waals surface area (Å²) in [7, 11) is 3.39. The van der Waals surface area contributed by atoms with Crippen LogP contribution in [0.2, 0.25) is 5.02 Å². The molecule has 0 atom stereocenters. The monoisotopic (exact) mass is 475 g/mol. The zero-order valence-corrected chi connectivity index (χ0v) is 20.2. The fourth-order valence-corrected chi connectivity index (χ4v) is 4.16. The predicted octanol–water partition coefficient (Wildman–Crippen LogP) is 4.94. The van der Waals surface area contributed by atoms with Crippen LogP contribution in [-0.2, 0) is 17.6 Å². The third-order valence-corrected chi connectivity index (χ3v) is 6.27. The normalized spacial score (nSPS) is 10.9. The highest BCUT2D eigenvalue weighted by atomic mass is 35.5. The summed E-state index contributed by atoms with van der Waals surface area (Å²) in [6.45, 7) is 2.43. The lowest BCUT2D eigenvalue weighted by atomic mass is 10.1. The van der Waals surface area contributed by atoms with Crippen molar-refractivity contribution in [2.24, 2.45) is 0 Å². The number of hydrogen-bond acceptors (Lipinski definition) is 4. The Kier molecular flexibility index (Phi) is 6.98. The number of carbonyl (C=O) groups is 2. The van der Waals surface area contributed by atoms with Gasteiger partial charge in [0.2, 0.25) is 5.91 Å². The molecular formula is C27H26ClN3O3. The number of halogens is 1. The molecule has 4 aromatic rings. The maximum absolute atomic E-state index is 13.4. The summed E-state index contributed by atoms with van der Waals surface area (Å²) >= 11 is 6.00. The van der Waals surface area contributed by atoms with Gasteiger partial charge in [0.05, 0.1) is 19.0 Å². The van der Waals surface area contributed by atoms with E-state index in [4.69, 9.17) is 16.3 Å². The van der Waals surface area contributed by atoms with Crippen LogP contribution >= 0.6 is 11.6 Å². The average molecular weight is 476 g/mol. The van der Waals surface area contributed by atoms with E-state index in [1.807, 2.05) is 43.3 Å². The summed E-state index contributed by atoms with van der Waals surface area (Å²) in [4.78, 5) is 32.6. The van der Waals surface area contributed by atoms with Gasteiger partial charge in [0.1, 0.15) is 5.75 Å². The second kappa shape index (κ2) is 10.1. The molecule has 6 nitrogen and oxygen atoms in total. The van der Waals surface area contributed by atoms with Crippen LogP contribution in [0.15, 0.2) is 66.9 Å². The molecule has 0 spiro atoms. The molecule has 0 bridgehead atoms. The number of fused-ring (bicyclic) bond motifs is 1. The third kappa shape index (κ3) is 4.82. The molecule has 0 radical (unpaired) electrons. The highest BCUT2D eigenvalue weighted by Gasteiger charge is 2.23. The first-order valence-electron chi connectivity index (χ1n) is 11.0. The third-order valence-electron chi connectivity index (χ3n) is 6.02. The quantitative estimate of drug-likeness (QED) is 0.380. The topological polar surface area (TPSA) is 64.4 Å². The minimum Gasteiger partial charge on any atom is -0.497 e. The second-order valence-electron chi connectivity index (χ2n) is 8.16. The Balaban J connectivity index is 1.66. The predicted molar refractivity (Wildman–Crippen MR) is 134 cm³/mol. The number of hydrogen-bond donors (Lipinski definition) is 0. The number of aromatic nitrogens is 2. The largest absolute Gasteiger partial charge is 0.497 e. The van der Waals surface area contributed by atoms with Gasteiger partial charge in [-0.2, -0.15) is 0 Å². The Bertz CT molecular complexity index is 1330. The minimum absolute atomic E-state index is 0.0279. The van der Waals surface area contributed by atoms with Crippen LogP contribution in [0, 0.1) is 6.92 Å². The van der Waals surface area contributed by atoms with Gasteiger partial charge in [-0.25, -0.2) is 0 Å². The van der Waals surface area contributed by atoms with E-state index < -0.39 is 0 Å². The summed E-state index contributed by atoms with van der Waals surface area (Å²) in [6.07, 6.45) is 2.60. The Hall–Kier alpha value is -3.64. The van der Waals surface area contributed by atoms with Crippen molar-refractivity contribution in [3.63, 3.8) is 0 Å². The van der Waals surface area contributed by atoms with Crippen LogP contribution in [0.25, 0.3) is 10.9 Å². The number of methoxy groups -OCH3 is 1. The number of nitrogens with zero attached hydrogens (tertiary/aromatic N) is 3. The smallest absolute Gasteiger partial charge is 0.262 e. The molecular weight excluding hydrogens is 450 g/mol. The van der Waals surface area contributed by atoms with Crippen molar-refractivity contribution < 1.29 is 14.3 Å². The van der Waals surface area contributed by atoms with Crippen molar-refractivity contribution in [2.75, 3.05) is 20.7 Å². The molecule has 4 rings (SSSR count). The lowest BCUT2D eigenvalue weighted by molar-refractivity contribution is -0.129. The van der Waals surface area contributed by atoms with Gasteiger partial charge in [0.25, 0.3) is 5.91 Å². The second-order valence-corrected chi connectivity index (χ2v) is 8.59. The van der Waals surface area contributed by atoms with E-state index >= 15 is 0 Å². The molecule has 0 aliphatic carbocycles. The number of carbonyl (C=O) groups excluding carboxylic acids is 2. The van der Waals surface area contributed by atoms with Crippen molar-refractivity contribution in [1.29, 1.82) is 0 Å². The van der Waals surface area contributed by atoms with Crippen LogP contribution in [0.1, 0.15) is 27.3 Å². The first-order chi connectivity index (χ1) is 16.4. The number of pyridine rings is 1. The average Bonchev–Trinajstić information content (AvgIpc) is 3.13. The Morgan fingerprint density at radius 1 is 1.09 bits per heavy atom. The number of amides is 1. The van der Waals surface area contributed by atoms with Crippen molar-refractivity contribution in [2.45, 2.75) is 19.8 Å². The van der Waals surface area contributed by atoms with Crippen LogP contribution < -0.4 is 4.74 Å². The zero-order chi connectivity index (χ0) is 24.2. The van der Waals surface area contributed by atoms with Gasteiger partial charge in [-0.3, -0.25) is 19.1 Å². The maximum atomic E-state index is 13.4. The van der Waals surface area contributed by atoms with Gasteiger partial charge in [0.15, 0.2) is 0 Å². The highest BCUT2D eigenvalue weighted by Crippen LogP contribution is 2.31. The summed E-state index contributed by atoms with van der Waals surface area (Å²) in [5, 5.41) is 1.39. The number of benzene rings is 2. The molecule has 0 fully saturated rings. The Morgan fingerprint density at radius 2 is 1.85 bits per heavy atom. The van der Waals surface area contributed by atoms with Crippen LogP contribution in [-0.4, -0.2) is 47.0 Å². The van der Waals surface area contributed by atoms with E-state index in [-0.39, 0.29) is 18.2 Å². The first kappa shape index (κ1) is 23.5. The van der Waals surface area contributed by atoms with Crippen LogP contribution in [0.5, 0.6) is 5.75 Å². The van der Waals surface area contributed by atoms with Gasteiger partial charge in [0, 0.05) is 53.6 Å². The zero-order valence-electron chi connectivity index (χ0n) is 19.4. The van der Waals surface area contributed by atoms with Crippen molar-refractivity contribution >= 4 is 34.3 Å². The molecule has 174 valence electrons. The van der Waals surface area contributed by atoms with E-state index in [1.54, 1.807) is 54.1 Å². The molecule has 0 N–H and O–H groups in total. The molecule has 0 saturated carbocycles. The van der Waals surface area contributed by atoms with Crippen LogP contribution in [0.4, 0.5) is 0 Å². The Labute approximate surface area is 203 Å². The molecule has 34 heavy (non-hydrogen) atoms. The molecule has 2 aromatic carbocycles. The molecule has 1 amide bonds. The van der Waals surface area contributed by atoms with Crippen LogP contribution in [0.3, 0.4) is 0 Å². The van der Waals surface area contributed by atoms with E-state index in [0.29, 0.717) is 29.3 Å². The van der Waals surface area contributed by atoms with Crippen molar-refractivity contribution in [3.8, 4) is 5.75 Å². The lowest BCUT2D eigenvalue weighted by Crippen LogP contribution is -2.30. The molecule has 0 unspecified atom stereocenters. The van der Waals surface area contributed by atoms with Gasteiger partial charge >= 0.3 is 0 Å². The number of ether oxygens (including phenoxy) is 1. The SMILES string of the molecule is COc1ccc2c(c1)c(CC(=O)N(C)CCc1ccccn1)c(C)n2C(=O)c1ccc(Cl)cc1. The van der Waals surface area contributed by atoms with E-state index in [9.17, 15) is 9.59 Å². The van der Waals surface area contributed by atoms with E-state index in [2.05, 4.69) is 4.98 Å². The van der Waals surface area contributed by atoms with E-state index in [1.165, 1.54) is 0 Å². The van der Waals surface area contributed by atoms with Gasteiger partial charge in [-0.15, -0.1) is 0 Å². The lowest BCUT2D eigenvalue weighted by Gasteiger charge is -2.17. The fraction of sp³-hybridized carbons (Fsp3) is 0.222. The van der Waals surface area contributed by atoms with Gasteiger partial charge in [-0.05, 0) is 67.1 Å². The van der Waals surface area contributed by atoms with Crippen molar-refractivity contribution in [3.05, 3.63) is 94.4 Å². The highest BCUT2D eigenvalue weighted by molar-refractivity contribution is 6.30. The molecule has 0 saturated heterocycles.